The number of hydrogen-bond donors (Lipinski definition) is 0. The molecule has 5 heteroatoms. The summed E-state index contributed by atoms with van der Waals surface area (Å²) in [4.78, 5) is 15.1. The monoisotopic (exact) mass is 488 g/mol. The molecular weight excluding hydrogens is 468 g/mol. The Morgan fingerprint density at radius 1 is 0.474 bits per heavy atom. The van der Waals surface area contributed by atoms with Crippen molar-refractivity contribution in [1.82, 2.24) is 19.5 Å². The quantitative estimate of drug-likeness (QED) is 0.251. The van der Waals surface area contributed by atoms with Crippen molar-refractivity contribution in [1.29, 1.82) is 0 Å². The van der Waals surface area contributed by atoms with Crippen LogP contribution in [0.2, 0.25) is 0 Å². The molecule has 0 spiro atoms. The minimum Gasteiger partial charge on any atom is -0.456 e. The van der Waals surface area contributed by atoms with E-state index in [1.165, 1.54) is 0 Å². The molecule has 0 N–H and O–H groups in total. The number of benzene rings is 5. The third-order valence-electron chi connectivity index (χ3n) is 7.08. The maximum Gasteiger partial charge on any atom is 0.238 e. The van der Waals surface area contributed by atoms with Crippen LogP contribution in [0.1, 0.15) is 0 Å². The average Bonchev–Trinajstić information content (AvgIpc) is 3.53. The topological polar surface area (TPSA) is 56.7 Å². The highest BCUT2D eigenvalue weighted by atomic mass is 16.3. The fourth-order valence-corrected chi connectivity index (χ4v) is 5.40. The summed E-state index contributed by atoms with van der Waals surface area (Å²) < 4.78 is 8.31. The van der Waals surface area contributed by atoms with Gasteiger partial charge in [0, 0.05) is 32.7 Å². The van der Waals surface area contributed by atoms with Gasteiger partial charge in [-0.2, -0.15) is 9.97 Å². The van der Waals surface area contributed by atoms with Crippen LogP contribution >= 0.6 is 0 Å². The second-order valence-corrected chi connectivity index (χ2v) is 9.30. The van der Waals surface area contributed by atoms with E-state index in [0.717, 1.165) is 54.9 Å². The number of nitrogens with zero attached hydrogens (tertiary/aromatic N) is 4. The first-order chi connectivity index (χ1) is 18.8. The summed E-state index contributed by atoms with van der Waals surface area (Å²) in [6.45, 7) is 0. The predicted molar refractivity (Wildman–Crippen MR) is 152 cm³/mol. The Morgan fingerprint density at radius 2 is 1.08 bits per heavy atom. The Kier molecular flexibility index (Phi) is 4.45. The van der Waals surface area contributed by atoms with Gasteiger partial charge < -0.3 is 4.42 Å². The molecule has 178 valence electrons. The van der Waals surface area contributed by atoms with E-state index in [2.05, 4.69) is 65.2 Å². The van der Waals surface area contributed by atoms with Crippen molar-refractivity contribution in [3.8, 4) is 28.7 Å². The number of furan rings is 1. The van der Waals surface area contributed by atoms with Crippen LogP contribution in [-0.2, 0) is 0 Å². The van der Waals surface area contributed by atoms with Gasteiger partial charge in [0.15, 0.2) is 11.6 Å². The number of rotatable bonds is 3. The Bertz CT molecular complexity index is 2090. The molecule has 5 nitrogen and oxygen atoms in total. The molecule has 8 rings (SSSR count). The lowest BCUT2D eigenvalue weighted by Crippen LogP contribution is -2.06. The SMILES string of the molecule is c1ccc(-c2nc(-c3cccc4oc5ccccc5c34)nc(-n3c4ccccc4c4ccccc43)n2)cc1. The summed E-state index contributed by atoms with van der Waals surface area (Å²) in [6.07, 6.45) is 0. The standard InChI is InChI=1S/C33H20N4O/c1-2-11-21(12-3-1)31-34-32(25-16-10-20-29-30(25)24-15-6-9-19-28(24)38-29)36-33(35-31)37-26-17-7-4-13-22(26)23-14-5-8-18-27(23)37/h1-20H. The van der Waals surface area contributed by atoms with Gasteiger partial charge in [-0.3, -0.25) is 4.57 Å². The predicted octanol–water partition coefficient (Wildman–Crippen LogP) is 8.20. The average molecular weight is 489 g/mol. The highest BCUT2D eigenvalue weighted by Crippen LogP contribution is 2.37. The normalized spacial score (nSPS) is 11.7. The summed E-state index contributed by atoms with van der Waals surface area (Å²) in [5, 5.41) is 4.36. The van der Waals surface area contributed by atoms with Crippen molar-refractivity contribution in [2.75, 3.05) is 0 Å². The van der Waals surface area contributed by atoms with Crippen molar-refractivity contribution >= 4 is 43.7 Å². The zero-order valence-corrected chi connectivity index (χ0v) is 20.2. The highest BCUT2D eigenvalue weighted by Gasteiger charge is 2.19. The lowest BCUT2D eigenvalue weighted by Gasteiger charge is -2.11. The fourth-order valence-electron chi connectivity index (χ4n) is 5.40. The second kappa shape index (κ2) is 8.11. The molecular formula is C33H20N4O. The van der Waals surface area contributed by atoms with Crippen molar-refractivity contribution in [2.24, 2.45) is 0 Å². The molecule has 0 aliphatic rings. The van der Waals surface area contributed by atoms with Gasteiger partial charge in [0.05, 0.1) is 11.0 Å². The summed E-state index contributed by atoms with van der Waals surface area (Å²) in [5.41, 5.74) is 5.60. The molecule has 0 unspecified atom stereocenters. The van der Waals surface area contributed by atoms with E-state index in [1.54, 1.807) is 0 Å². The molecule has 0 saturated heterocycles. The summed E-state index contributed by atoms with van der Waals surface area (Å²) in [6, 6.07) is 41.0. The first kappa shape index (κ1) is 20.9. The molecule has 0 radical (unpaired) electrons. The van der Waals surface area contributed by atoms with Crippen molar-refractivity contribution in [3.63, 3.8) is 0 Å². The van der Waals surface area contributed by atoms with Gasteiger partial charge in [0.2, 0.25) is 5.95 Å². The van der Waals surface area contributed by atoms with Crippen molar-refractivity contribution in [2.45, 2.75) is 0 Å². The van der Waals surface area contributed by atoms with Crippen LogP contribution in [0.15, 0.2) is 126 Å². The third-order valence-corrected chi connectivity index (χ3v) is 7.08. The Labute approximate surface area is 217 Å². The molecule has 0 atom stereocenters. The fraction of sp³-hybridized carbons (Fsp3) is 0. The molecule has 0 aliphatic carbocycles. The van der Waals surface area contributed by atoms with E-state index in [0.29, 0.717) is 17.6 Å². The highest BCUT2D eigenvalue weighted by molar-refractivity contribution is 6.12. The van der Waals surface area contributed by atoms with E-state index in [4.69, 9.17) is 19.4 Å². The molecule has 5 aromatic carbocycles. The van der Waals surface area contributed by atoms with E-state index in [-0.39, 0.29) is 0 Å². The second-order valence-electron chi connectivity index (χ2n) is 9.30. The summed E-state index contributed by atoms with van der Waals surface area (Å²) in [7, 11) is 0. The van der Waals surface area contributed by atoms with Crippen LogP contribution < -0.4 is 0 Å². The molecule has 0 aliphatic heterocycles. The first-order valence-electron chi connectivity index (χ1n) is 12.6. The van der Waals surface area contributed by atoms with E-state index in [9.17, 15) is 0 Å². The van der Waals surface area contributed by atoms with Crippen LogP contribution in [0.5, 0.6) is 0 Å². The van der Waals surface area contributed by atoms with Crippen LogP contribution in [0.25, 0.3) is 72.5 Å². The lowest BCUT2D eigenvalue weighted by atomic mass is 10.1. The van der Waals surface area contributed by atoms with Gasteiger partial charge in [-0.25, -0.2) is 4.98 Å². The van der Waals surface area contributed by atoms with Gasteiger partial charge in [0.1, 0.15) is 11.2 Å². The van der Waals surface area contributed by atoms with E-state index in [1.807, 2.05) is 60.7 Å². The summed E-state index contributed by atoms with van der Waals surface area (Å²) >= 11 is 0. The Balaban J connectivity index is 1.48. The largest absolute Gasteiger partial charge is 0.456 e. The third kappa shape index (κ3) is 3.09. The van der Waals surface area contributed by atoms with Crippen molar-refractivity contribution in [3.05, 3.63) is 121 Å². The summed E-state index contributed by atoms with van der Waals surface area (Å²) in [5.74, 6) is 1.81. The van der Waals surface area contributed by atoms with Gasteiger partial charge >= 0.3 is 0 Å². The van der Waals surface area contributed by atoms with Gasteiger partial charge in [-0.15, -0.1) is 0 Å². The van der Waals surface area contributed by atoms with Crippen LogP contribution in [0.4, 0.5) is 0 Å². The van der Waals surface area contributed by atoms with E-state index < -0.39 is 0 Å². The zero-order valence-electron chi connectivity index (χ0n) is 20.2. The van der Waals surface area contributed by atoms with Crippen molar-refractivity contribution < 1.29 is 4.42 Å². The molecule has 0 fully saturated rings. The molecule has 3 heterocycles. The van der Waals surface area contributed by atoms with Crippen LogP contribution in [0.3, 0.4) is 0 Å². The zero-order chi connectivity index (χ0) is 25.1. The van der Waals surface area contributed by atoms with Crippen LogP contribution in [0, 0.1) is 0 Å². The van der Waals surface area contributed by atoms with Gasteiger partial charge in [0.25, 0.3) is 0 Å². The number of aromatic nitrogens is 4. The molecule has 8 aromatic rings. The molecule has 0 saturated carbocycles. The molecule has 38 heavy (non-hydrogen) atoms. The maximum absolute atomic E-state index is 6.17. The first-order valence-corrected chi connectivity index (χ1v) is 12.6. The molecule has 0 amide bonds. The Morgan fingerprint density at radius 3 is 1.84 bits per heavy atom. The maximum atomic E-state index is 6.17. The van der Waals surface area contributed by atoms with Gasteiger partial charge in [-0.1, -0.05) is 97.1 Å². The van der Waals surface area contributed by atoms with E-state index >= 15 is 0 Å². The molecule has 3 aromatic heterocycles. The smallest absolute Gasteiger partial charge is 0.238 e. The van der Waals surface area contributed by atoms with Gasteiger partial charge in [-0.05, 0) is 24.3 Å². The minimum atomic E-state index is 0.580. The minimum absolute atomic E-state index is 0.580. The number of fused-ring (bicyclic) bond motifs is 6. The Hall–Kier alpha value is -5.29. The number of hydrogen-bond acceptors (Lipinski definition) is 4. The lowest BCUT2D eigenvalue weighted by molar-refractivity contribution is 0.669. The molecule has 0 bridgehead atoms. The van der Waals surface area contributed by atoms with Crippen LogP contribution in [-0.4, -0.2) is 19.5 Å². The number of para-hydroxylation sites is 3.